The van der Waals surface area contributed by atoms with E-state index in [1.54, 1.807) is 18.7 Å². The van der Waals surface area contributed by atoms with Crippen LogP contribution in [0, 0.1) is 5.92 Å². The number of piperidine rings is 1. The molecule has 0 bridgehead atoms. The molecule has 0 atom stereocenters. The van der Waals surface area contributed by atoms with E-state index in [0.717, 1.165) is 39.5 Å². The third kappa shape index (κ3) is 5.12. The molecule has 1 fully saturated rings. The van der Waals surface area contributed by atoms with Crippen molar-refractivity contribution >= 4 is 50.6 Å². The highest BCUT2D eigenvalue weighted by molar-refractivity contribution is 9.10. The number of nitrogens with zero attached hydrogens (tertiary/aromatic N) is 5. The Kier molecular flexibility index (Phi) is 7.01. The molecule has 2 aromatic heterocycles. The number of aliphatic hydroxyl groups is 1. The van der Waals surface area contributed by atoms with Crippen LogP contribution >= 0.6 is 27.7 Å². The smallest absolute Gasteiger partial charge is 0.253 e. The normalized spacial score (nSPS) is 16.5. The van der Waals surface area contributed by atoms with Gasteiger partial charge in [-0.1, -0.05) is 11.8 Å². The minimum atomic E-state index is -1.34. The number of imidazole rings is 1. The SMILES string of the molecule is CC(C)(O)C(=O)N1CCC(CCn2c(Sc3cc4c(cc3Br)OCCO4)nc3c(N)ncnc32)CC1. The lowest BCUT2D eigenvalue weighted by Gasteiger charge is -2.35. The quantitative estimate of drug-likeness (QED) is 0.453. The molecule has 12 heteroatoms. The van der Waals surface area contributed by atoms with Crippen molar-refractivity contribution in [1.29, 1.82) is 0 Å². The number of amides is 1. The molecule has 2 aliphatic rings. The lowest BCUT2D eigenvalue weighted by molar-refractivity contribution is -0.149. The number of fused-ring (bicyclic) bond motifs is 2. The Morgan fingerprint density at radius 1 is 1.22 bits per heavy atom. The molecule has 2 aliphatic heterocycles. The fraction of sp³-hybridized carbons (Fsp3) is 0.500. The molecule has 5 rings (SSSR count). The molecule has 3 N–H and O–H groups in total. The molecule has 3 aromatic rings. The predicted octanol–water partition coefficient (Wildman–Crippen LogP) is 3.49. The van der Waals surface area contributed by atoms with Crippen molar-refractivity contribution in [3.8, 4) is 11.5 Å². The number of halogens is 1. The van der Waals surface area contributed by atoms with Crippen LogP contribution in [0.1, 0.15) is 33.1 Å². The van der Waals surface area contributed by atoms with Gasteiger partial charge in [0.2, 0.25) is 0 Å². The van der Waals surface area contributed by atoms with Gasteiger partial charge in [0.15, 0.2) is 33.6 Å². The minimum absolute atomic E-state index is 0.211. The topological polar surface area (TPSA) is 129 Å². The van der Waals surface area contributed by atoms with Gasteiger partial charge < -0.3 is 29.8 Å². The van der Waals surface area contributed by atoms with E-state index in [-0.39, 0.29) is 5.91 Å². The summed E-state index contributed by atoms with van der Waals surface area (Å²) in [4.78, 5) is 28.5. The second-order valence-electron chi connectivity index (χ2n) is 9.59. The fourth-order valence-corrected chi connectivity index (χ4v) is 6.07. The first kappa shape index (κ1) is 25.1. The van der Waals surface area contributed by atoms with Gasteiger partial charge >= 0.3 is 0 Å². The first-order valence-corrected chi connectivity index (χ1v) is 13.6. The van der Waals surface area contributed by atoms with Crippen LogP contribution in [0.3, 0.4) is 0 Å². The molecule has 0 unspecified atom stereocenters. The van der Waals surface area contributed by atoms with Gasteiger partial charge in [-0.3, -0.25) is 4.79 Å². The van der Waals surface area contributed by atoms with Crippen molar-refractivity contribution < 1.29 is 19.4 Å². The summed E-state index contributed by atoms with van der Waals surface area (Å²) in [6, 6.07) is 3.87. The number of rotatable bonds is 6. The van der Waals surface area contributed by atoms with Gasteiger partial charge in [-0.25, -0.2) is 15.0 Å². The molecule has 1 amide bonds. The molecule has 0 aliphatic carbocycles. The van der Waals surface area contributed by atoms with E-state index < -0.39 is 5.60 Å². The van der Waals surface area contributed by atoms with Crippen molar-refractivity contribution in [1.82, 2.24) is 24.4 Å². The predicted molar refractivity (Wildman–Crippen MR) is 139 cm³/mol. The number of aromatic nitrogens is 4. The number of hydrogen-bond acceptors (Lipinski definition) is 9. The van der Waals surface area contributed by atoms with Crippen LogP contribution in [0.2, 0.25) is 0 Å². The van der Waals surface area contributed by atoms with E-state index in [9.17, 15) is 9.90 Å². The maximum Gasteiger partial charge on any atom is 0.253 e. The number of ether oxygens (including phenoxy) is 2. The molecule has 1 aromatic carbocycles. The number of nitrogen functional groups attached to an aromatic ring is 1. The Labute approximate surface area is 221 Å². The van der Waals surface area contributed by atoms with Crippen LogP contribution in [-0.4, -0.2) is 67.3 Å². The zero-order valence-corrected chi connectivity index (χ0v) is 22.6. The van der Waals surface area contributed by atoms with Crippen LogP contribution in [0.25, 0.3) is 11.2 Å². The van der Waals surface area contributed by atoms with E-state index in [1.165, 1.54) is 18.1 Å². The monoisotopic (exact) mass is 576 g/mol. The van der Waals surface area contributed by atoms with Gasteiger partial charge in [-0.15, -0.1) is 0 Å². The van der Waals surface area contributed by atoms with E-state index in [4.69, 9.17) is 20.2 Å². The Morgan fingerprint density at radius 3 is 2.61 bits per heavy atom. The lowest BCUT2D eigenvalue weighted by Crippen LogP contribution is -2.48. The summed E-state index contributed by atoms with van der Waals surface area (Å²) in [5.41, 5.74) is 6.08. The molecule has 0 radical (unpaired) electrons. The maximum absolute atomic E-state index is 12.4. The second-order valence-corrected chi connectivity index (χ2v) is 11.5. The van der Waals surface area contributed by atoms with Gasteiger partial charge in [0.05, 0.1) is 0 Å². The summed E-state index contributed by atoms with van der Waals surface area (Å²) in [5.74, 6) is 2.01. The van der Waals surface area contributed by atoms with Gasteiger partial charge in [-0.2, -0.15) is 0 Å². The van der Waals surface area contributed by atoms with Gasteiger partial charge in [0, 0.05) is 29.0 Å². The number of aryl methyl sites for hydroxylation is 1. The van der Waals surface area contributed by atoms with Gasteiger partial charge in [0.1, 0.15) is 25.1 Å². The van der Waals surface area contributed by atoms with Crippen molar-refractivity contribution in [2.45, 2.75) is 55.3 Å². The molecule has 0 spiro atoms. The third-order valence-electron chi connectivity index (χ3n) is 6.51. The molecule has 0 saturated carbocycles. The molecule has 10 nitrogen and oxygen atoms in total. The Bertz CT molecular complexity index is 1290. The molecule has 192 valence electrons. The Morgan fingerprint density at radius 2 is 1.92 bits per heavy atom. The molecular weight excluding hydrogens is 548 g/mol. The van der Waals surface area contributed by atoms with Crippen molar-refractivity contribution in [2.24, 2.45) is 5.92 Å². The summed E-state index contributed by atoms with van der Waals surface area (Å²) >= 11 is 5.16. The first-order valence-electron chi connectivity index (χ1n) is 12.0. The van der Waals surface area contributed by atoms with Crippen LogP contribution in [0.4, 0.5) is 5.82 Å². The molecular formula is C24H29BrN6O4S. The zero-order chi connectivity index (χ0) is 25.4. The average molecular weight is 578 g/mol. The first-order chi connectivity index (χ1) is 17.2. The molecule has 1 saturated heterocycles. The van der Waals surface area contributed by atoms with Crippen LogP contribution in [0.15, 0.2) is 33.0 Å². The average Bonchev–Trinajstić information content (AvgIpc) is 3.21. The number of benzene rings is 1. The Hall–Kier alpha value is -2.57. The standard InChI is InChI=1S/C24H29BrN6O4S/c1-24(2,33)22(32)30-6-3-14(4-7-30)5-8-31-21-19(20(26)27-13-28-21)29-23(31)36-18-12-17-16(11-15(18)25)34-9-10-35-17/h11-14,33H,3-10H2,1-2H3,(H2,26,27,28). The highest BCUT2D eigenvalue weighted by Crippen LogP contribution is 2.42. The number of hydrogen-bond donors (Lipinski definition) is 2. The largest absolute Gasteiger partial charge is 0.486 e. The third-order valence-corrected chi connectivity index (χ3v) is 8.48. The summed E-state index contributed by atoms with van der Waals surface area (Å²) < 4.78 is 14.4. The maximum atomic E-state index is 12.4. The van der Waals surface area contributed by atoms with Crippen LogP contribution in [0.5, 0.6) is 11.5 Å². The van der Waals surface area contributed by atoms with E-state index in [0.29, 0.717) is 61.5 Å². The lowest BCUT2D eigenvalue weighted by atomic mass is 9.92. The van der Waals surface area contributed by atoms with E-state index in [2.05, 4.69) is 30.5 Å². The summed E-state index contributed by atoms with van der Waals surface area (Å²) in [7, 11) is 0. The summed E-state index contributed by atoms with van der Waals surface area (Å²) in [6.45, 7) is 6.14. The van der Waals surface area contributed by atoms with E-state index >= 15 is 0 Å². The van der Waals surface area contributed by atoms with Gasteiger partial charge in [-0.05, 0) is 67.1 Å². The fourth-order valence-electron chi connectivity index (χ4n) is 4.56. The zero-order valence-electron chi connectivity index (χ0n) is 20.2. The number of likely N-dealkylation sites (tertiary alicyclic amines) is 1. The summed E-state index contributed by atoms with van der Waals surface area (Å²) in [5, 5.41) is 10.8. The van der Waals surface area contributed by atoms with Crippen molar-refractivity contribution in [3.63, 3.8) is 0 Å². The van der Waals surface area contributed by atoms with Crippen LogP contribution < -0.4 is 15.2 Å². The van der Waals surface area contributed by atoms with Crippen molar-refractivity contribution in [3.05, 3.63) is 22.9 Å². The van der Waals surface area contributed by atoms with Gasteiger partial charge in [0.25, 0.3) is 5.91 Å². The second kappa shape index (κ2) is 10.1. The highest BCUT2D eigenvalue weighted by atomic mass is 79.9. The molecule has 36 heavy (non-hydrogen) atoms. The van der Waals surface area contributed by atoms with Crippen molar-refractivity contribution in [2.75, 3.05) is 32.0 Å². The minimum Gasteiger partial charge on any atom is -0.486 e. The Balaban J connectivity index is 1.35. The summed E-state index contributed by atoms with van der Waals surface area (Å²) in [6.07, 6.45) is 4.16. The number of carbonyl (C=O) groups is 1. The number of carbonyl (C=O) groups excluding carboxylic acids is 1. The highest BCUT2D eigenvalue weighted by Gasteiger charge is 2.32. The molecule has 4 heterocycles. The number of nitrogens with two attached hydrogens (primary N) is 1. The van der Waals surface area contributed by atoms with Crippen LogP contribution in [-0.2, 0) is 11.3 Å². The number of anilines is 1. The van der Waals surface area contributed by atoms with E-state index in [1.807, 2.05) is 12.1 Å².